The molecule has 17 heavy (non-hydrogen) atoms. The van der Waals surface area contributed by atoms with E-state index >= 15 is 0 Å². The number of ether oxygens (including phenoxy) is 1. The predicted octanol–water partition coefficient (Wildman–Crippen LogP) is 1.69. The monoisotopic (exact) mass is 236 g/mol. The molecule has 2 N–H and O–H groups in total. The first-order chi connectivity index (χ1) is 8.13. The molecule has 2 rings (SSSR count). The van der Waals surface area contributed by atoms with Crippen LogP contribution in [-0.2, 0) is 0 Å². The second-order valence-corrected chi connectivity index (χ2v) is 4.79. The van der Waals surface area contributed by atoms with E-state index in [4.69, 9.17) is 10.5 Å². The Morgan fingerprint density at radius 2 is 2.18 bits per heavy atom. The zero-order valence-corrected chi connectivity index (χ0v) is 10.7. The number of anilines is 2. The first kappa shape index (κ1) is 12.0. The van der Waals surface area contributed by atoms with Crippen LogP contribution in [-0.4, -0.2) is 29.7 Å². The lowest BCUT2D eigenvalue weighted by Crippen LogP contribution is -2.41. The highest BCUT2D eigenvalue weighted by Crippen LogP contribution is 2.34. The van der Waals surface area contributed by atoms with E-state index in [1.807, 2.05) is 0 Å². The van der Waals surface area contributed by atoms with E-state index in [9.17, 15) is 0 Å². The zero-order chi connectivity index (χ0) is 12.4. The van der Waals surface area contributed by atoms with Gasteiger partial charge in [0, 0.05) is 12.6 Å². The molecule has 0 aliphatic carbocycles. The van der Waals surface area contributed by atoms with Crippen molar-refractivity contribution in [2.45, 2.75) is 32.7 Å². The van der Waals surface area contributed by atoms with Crippen LogP contribution >= 0.6 is 0 Å². The lowest BCUT2D eigenvalue weighted by Gasteiger charge is -2.37. The number of nitrogen functional groups attached to an aromatic ring is 1. The van der Waals surface area contributed by atoms with Crippen LogP contribution in [0.2, 0.25) is 0 Å². The van der Waals surface area contributed by atoms with E-state index in [0.717, 1.165) is 18.3 Å². The third kappa shape index (κ3) is 2.28. The summed E-state index contributed by atoms with van der Waals surface area (Å²) < 4.78 is 5.31. The second kappa shape index (κ2) is 4.77. The fraction of sp³-hybridized carbons (Fsp3) is 0.667. The molecule has 94 valence electrons. The van der Waals surface area contributed by atoms with Gasteiger partial charge in [0.05, 0.1) is 7.11 Å². The summed E-state index contributed by atoms with van der Waals surface area (Å²) in [6.45, 7) is 5.50. The minimum Gasteiger partial charge on any atom is -0.490 e. The van der Waals surface area contributed by atoms with Crippen molar-refractivity contribution in [2.75, 3.05) is 24.3 Å². The Labute approximate surface area is 102 Å². The summed E-state index contributed by atoms with van der Waals surface area (Å²) >= 11 is 0. The van der Waals surface area contributed by atoms with Crippen molar-refractivity contribution in [2.24, 2.45) is 5.92 Å². The fourth-order valence-electron chi connectivity index (χ4n) is 2.50. The number of methoxy groups -OCH3 is 1. The van der Waals surface area contributed by atoms with Gasteiger partial charge < -0.3 is 15.4 Å². The molecule has 2 heterocycles. The van der Waals surface area contributed by atoms with Crippen LogP contribution in [0, 0.1) is 5.92 Å². The Kier molecular flexibility index (Phi) is 3.36. The molecule has 5 heteroatoms. The smallest absolute Gasteiger partial charge is 0.204 e. The highest BCUT2D eigenvalue weighted by molar-refractivity contribution is 5.63. The molecule has 1 saturated heterocycles. The molecule has 1 aromatic rings. The third-order valence-electron chi connectivity index (χ3n) is 3.43. The maximum Gasteiger partial charge on any atom is 0.204 e. The highest BCUT2D eigenvalue weighted by atomic mass is 16.5. The number of aromatic nitrogens is 2. The van der Waals surface area contributed by atoms with Gasteiger partial charge in [0.25, 0.3) is 0 Å². The van der Waals surface area contributed by atoms with Gasteiger partial charge in [0.2, 0.25) is 5.75 Å². The molecule has 1 aliphatic heterocycles. The topological polar surface area (TPSA) is 64.3 Å². The normalized spacial score (nSPS) is 24.8. The third-order valence-corrected chi connectivity index (χ3v) is 3.43. The Morgan fingerprint density at radius 1 is 1.41 bits per heavy atom. The Morgan fingerprint density at radius 3 is 2.82 bits per heavy atom. The lowest BCUT2D eigenvalue weighted by atomic mass is 9.93. The molecule has 0 bridgehead atoms. The van der Waals surface area contributed by atoms with E-state index in [2.05, 4.69) is 28.7 Å². The van der Waals surface area contributed by atoms with Crippen molar-refractivity contribution in [3.63, 3.8) is 0 Å². The average Bonchev–Trinajstić information content (AvgIpc) is 2.29. The first-order valence-electron chi connectivity index (χ1n) is 6.04. The number of hydrogen-bond acceptors (Lipinski definition) is 5. The number of nitrogens with zero attached hydrogens (tertiary/aromatic N) is 3. The van der Waals surface area contributed by atoms with E-state index in [1.165, 1.54) is 19.2 Å². The maximum atomic E-state index is 5.81. The Hall–Kier alpha value is -1.52. The van der Waals surface area contributed by atoms with Gasteiger partial charge in [0.1, 0.15) is 6.33 Å². The summed E-state index contributed by atoms with van der Waals surface area (Å²) in [4.78, 5) is 10.5. The van der Waals surface area contributed by atoms with Crippen molar-refractivity contribution < 1.29 is 4.74 Å². The van der Waals surface area contributed by atoms with E-state index in [-0.39, 0.29) is 0 Å². The van der Waals surface area contributed by atoms with Crippen LogP contribution in [0.15, 0.2) is 6.33 Å². The maximum absolute atomic E-state index is 5.81. The van der Waals surface area contributed by atoms with Crippen molar-refractivity contribution in [1.29, 1.82) is 0 Å². The first-order valence-corrected chi connectivity index (χ1v) is 6.04. The van der Waals surface area contributed by atoms with Gasteiger partial charge in [-0.3, -0.25) is 0 Å². The standard InChI is InChI=1S/C12H20N4O/c1-8-4-5-16(9(2)6-8)12-10(17-3)11(13)14-7-15-12/h7-9H,4-6H2,1-3H3,(H2,13,14,15). The van der Waals surface area contributed by atoms with Gasteiger partial charge in [-0.15, -0.1) is 0 Å². The highest BCUT2D eigenvalue weighted by Gasteiger charge is 2.27. The van der Waals surface area contributed by atoms with Crippen molar-refractivity contribution in [3.05, 3.63) is 6.33 Å². The quantitative estimate of drug-likeness (QED) is 0.846. The second-order valence-electron chi connectivity index (χ2n) is 4.79. The van der Waals surface area contributed by atoms with Crippen LogP contribution in [0.4, 0.5) is 11.6 Å². The van der Waals surface area contributed by atoms with Gasteiger partial charge in [0.15, 0.2) is 11.6 Å². The van der Waals surface area contributed by atoms with E-state index in [0.29, 0.717) is 17.6 Å². The molecule has 1 aliphatic rings. The molecule has 0 saturated carbocycles. The molecule has 0 aromatic carbocycles. The summed E-state index contributed by atoms with van der Waals surface area (Å²) in [7, 11) is 1.61. The van der Waals surface area contributed by atoms with Crippen LogP contribution < -0.4 is 15.4 Å². The molecule has 0 spiro atoms. The summed E-state index contributed by atoms with van der Waals surface area (Å²) in [6, 6.07) is 0.460. The Balaban J connectivity index is 2.30. The van der Waals surface area contributed by atoms with E-state index < -0.39 is 0 Å². The molecule has 5 nitrogen and oxygen atoms in total. The van der Waals surface area contributed by atoms with Gasteiger partial charge >= 0.3 is 0 Å². The SMILES string of the molecule is COc1c(N)ncnc1N1CCC(C)CC1C. The number of nitrogens with two attached hydrogens (primary N) is 1. The zero-order valence-electron chi connectivity index (χ0n) is 10.7. The van der Waals surface area contributed by atoms with Crippen molar-refractivity contribution in [3.8, 4) is 5.75 Å². The molecule has 1 fully saturated rings. The molecule has 2 unspecified atom stereocenters. The summed E-state index contributed by atoms with van der Waals surface area (Å²) in [5.41, 5.74) is 5.81. The van der Waals surface area contributed by atoms with Crippen LogP contribution in [0.1, 0.15) is 26.7 Å². The molecule has 0 radical (unpaired) electrons. The van der Waals surface area contributed by atoms with Crippen LogP contribution in [0.25, 0.3) is 0 Å². The molecular formula is C12H20N4O. The van der Waals surface area contributed by atoms with Crippen LogP contribution in [0.5, 0.6) is 5.75 Å². The Bertz CT molecular complexity index is 396. The minimum atomic E-state index is 0.406. The predicted molar refractivity (Wildman–Crippen MR) is 68.2 cm³/mol. The number of hydrogen-bond donors (Lipinski definition) is 1. The van der Waals surface area contributed by atoms with Crippen LogP contribution in [0.3, 0.4) is 0 Å². The number of rotatable bonds is 2. The minimum absolute atomic E-state index is 0.406. The molecule has 1 aromatic heterocycles. The summed E-state index contributed by atoms with van der Waals surface area (Å²) in [5.74, 6) is 2.59. The van der Waals surface area contributed by atoms with Crippen molar-refractivity contribution >= 4 is 11.6 Å². The largest absolute Gasteiger partial charge is 0.490 e. The van der Waals surface area contributed by atoms with Gasteiger partial charge in [-0.1, -0.05) is 6.92 Å². The van der Waals surface area contributed by atoms with Gasteiger partial charge in [-0.25, -0.2) is 9.97 Å². The fourth-order valence-corrected chi connectivity index (χ4v) is 2.50. The summed E-state index contributed by atoms with van der Waals surface area (Å²) in [5, 5.41) is 0. The lowest BCUT2D eigenvalue weighted by molar-refractivity contribution is 0.365. The van der Waals surface area contributed by atoms with E-state index in [1.54, 1.807) is 7.11 Å². The number of piperidine rings is 1. The van der Waals surface area contributed by atoms with Crippen molar-refractivity contribution in [1.82, 2.24) is 9.97 Å². The van der Waals surface area contributed by atoms with Gasteiger partial charge in [-0.05, 0) is 25.7 Å². The molecular weight excluding hydrogens is 216 g/mol. The summed E-state index contributed by atoms with van der Waals surface area (Å²) in [6.07, 6.45) is 3.85. The average molecular weight is 236 g/mol. The molecule has 2 atom stereocenters. The van der Waals surface area contributed by atoms with Gasteiger partial charge in [-0.2, -0.15) is 0 Å². The molecule has 0 amide bonds.